The van der Waals surface area contributed by atoms with Crippen LogP contribution < -0.4 is 0 Å². The number of carbonyl (C=O) groups is 1. The molecule has 16 heavy (non-hydrogen) atoms. The van der Waals surface area contributed by atoms with Gasteiger partial charge in [0.25, 0.3) is 0 Å². The molecule has 0 heterocycles. The van der Waals surface area contributed by atoms with Crippen molar-refractivity contribution in [1.82, 2.24) is 0 Å². The zero-order valence-corrected chi connectivity index (χ0v) is 9.90. The molecular weight excluding hydrogens is 200 g/mol. The third kappa shape index (κ3) is 4.78. The summed E-state index contributed by atoms with van der Waals surface area (Å²) in [5.74, 6) is -0.246. The Morgan fingerprint density at radius 2 is 2.25 bits per heavy atom. The first-order valence-corrected chi connectivity index (χ1v) is 5.61. The van der Waals surface area contributed by atoms with Crippen LogP contribution >= 0.6 is 0 Å². The summed E-state index contributed by atoms with van der Waals surface area (Å²) in [5, 5.41) is 0. The fourth-order valence-electron chi connectivity index (χ4n) is 1.49. The van der Waals surface area contributed by atoms with Gasteiger partial charge >= 0.3 is 5.97 Å². The van der Waals surface area contributed by atoms with Crippen LogP contribution in [0, 0.1) is 0 Å². The summed E-state index contributed by atoms with van der Waals surface area (Å²) in [7, 11) is 0. The minimum atomic E-state index is -0.246. The summed E-state index contributed by atoms with van der Waals surface area (Å²) in [5.41, 5.74) is 2.50. The fourth-order valence-corrected chi connectivity index (χ4v) is 1.49. The third-order valence-electron chi connectivity index (χ3n) is 2.18. The number of benzene rings is 1. The number of hydrogen-bond acceptors (Lipinski definition) is 2. The minimum absolute atomic E-state index is 0.246. The van der Waals surface area contributed by atoms with Crippen molar-refractivity contribution in [2.24, 2.45) is 0 Å². The van der Waals surface area contributed by atoms with Crippen LogP contribution in [-0.2, 0) is 16.0 Å². The van der Waals surface area contributed by atoms with Gasteiger partial charge < -0.3 is 4.74 Å². The Kier molecular flexibility index (Phi) is 5.34. The standard InChI is InChI=1S/C14H18O2/c1-3-6-13-7-4-8-14(11-13)9-5-10-16-12(2)15/h4-5,7-9,11H,3,6,10H2,1-2H3/b9-5+. The molecule has 1 aromatic rings. The van der Waals surface area contributed by atoms with Gasteiger partial charge in [0.1, 0.15) is 6.61 Å². The normalized spacial score (nSPS) is 10.6. The van der Waals surface area contributed by atoms with Crippen molar-refractivity contribution in [3.05, 3.63) is 41.5 Å². The van der Waals surface area contributed by atoms with Gasteiger partial charge in [-0.2, -0.15) is 0 Å². The largest absolute Gasteiger partial charge is 0.462 e. The van der Waals surface area contributed by atoms with E-state index >= 15 is 0 Å². The predicted octanol–water partition coefficient (Wildman–Crippen LogP) is 3.22. The molecule has 0 radical (unpaired) electrons. The van der Waals surface area contributed by atoms with Crippen LogP contribution in [0.3, 0.4) is 0 Å². The number of carbonyl (C=O) groups excluding carboxylic acids is 1. The highest BCUT2D eigenvalue weighted by Gasteiger charge is 1.92. The van der Waals surface area contributed by atoms with Gasteiger partial charge in [-0.25, -0.2) is 0 Å². The van der Waals surface area contributed by atoms with Crippen molar-refractivity contribution >= 4 is 12.0 Å². The first-order valence-electron chi connectivity index (χ1n) is 5.61. The lowest BCUT2D eigenvalue weighted by atomic mass is 10.1. The molecule has 0 fully saturated rings. The van der Waals surface area contributed by atoms with Crippen molar-refractivity contribution in [2.75, 3.05) is 6.61 Å². The van der Waals surface area contributed by atoms with Crippen LogP contribution in [-0.4, -0.2) is 12.6 Å². The Bertz CT molecular complexity index is 367. The van der Waals surface area contributed by atoms with E-state index in [0.717, 1.165) is 18.4 Å². The van der Waals surface area contributed by atoms with Crippen molar-refractivity contribution < 1.29 is 9.53 Å². The second-order valence-electron chi connectivity index (χ2n) is 3.70. The van der Waals surface area contributed by atoms with E-state index in [1.54, 1.807) is 0 Å². The predicted molar refractivity (Wildman–Crippen MR) is 66.1 cm³/mol. The zero-order valence-electron chi connectivity index (χ0n) is 9.90. The highest BCUT2D eigenvalue weighted by atomic mass is 16.5. The molecule has 0 saturated heterocycles. The second-order valence-corrected chi connectivity index (χ2v) is 3.70. The van der Waals surface area contributed by atoms with Crippen molar-refractivity contribution in [3.8, 4) is 0 Å². The summed E-state index contributed by atoms with van der Waals surface area (Å²) in [6, 6.07) is 8.39. The zero-order chi connectivity index (χ0) is 11.8. The van der Waals surface area contributed by atoms with Crippen molar-refractivity contribution in [2.45, 2.75) is 26.7 Å². The van der Waals surface area contributed by atoms with Crippen molar-refractivity contribution in [3.63, 3.8) is 0 Å². The van der Waals surface area contributed by atoms with Gasteiger partial charge in [0.2, 0.25) is 0 Å². The Labute approximate surface area is 96.9 Å². The number of hydrogen-bond donors (Lipinski definition) is 0. The Hall–Kier alpha value is -1.57. The summed E-state index contributed by atoms with van der Waals surface area (Å²) < 4.78 is 4.82. The summed E-state index contributed by atoms with van der Waals surface area (Å²) in [6.07, 6.45) is 6.08. The van der Waals surface area contributed by atoms with Gasteiger partial charge in [0.15, 0.2) is 0 Å². The molecule has 0 aromatic heterocycles. The topological polar surface area (TPSA) is 26.3 Å². The average molecular weight is 218 g/mol. The highest BCUT2D eigenvalue weighted by molar-refractivity contribution is 5.66. The van der Waals surface area contributed by atoms with Gasteiger partial charge in [-0.05, 0) is 23.6 Å². The lowest BCUT2D eigenvalue weighted by Gasteiger charge is -2.00. The molecule has 0 unspecified atom stereocenters. The molecule has 0 saturated carbocycles. The molecule has 0 bridgehead atoms. The SMILES string of the molecule is CCCc1cccc(/C=C/COC(C)=O)c1. The molecule has 86 valence electrons. The first-order chi connectivity index (χ1) is 7.72. The van der Waals surface area contributed by atoms with Crippen LogP contribution in [0.25, 0.3) is 6.08 Å². The van der Waals surface area contributed by atoms with Crippen molar-refractivity contribution in [1.29, 1.82) is 0 Å². The first kappa shape index (κ1) is 12.5. The Morgan fingerprint density at radius 1 is 1.44 bits per heavy atom. The Morgan fingerprint density at radius 3 is 2.94 bits per heavy atom. The number of rotatable bonds is 5. The van der Waals surface area contributed by atoms with Gasteiger partial charge in [-0.15, -0.1) is 0 Å². The maximum Gasteiger partial charge on any atom is 0.302 e. The van der Waals surface area contributed by atoms with Crippen LogP contribution in [0.15, 0.2) is 30.3 Å². The van der Waals surface area contributed by atoms with E-state index in [0.29, 0.717) is 6.61 Å². The Balaban J connectivity index is 2.52. The fraction of sp³-hybridized carbons (Fsp3) is 0.357. The monoisotopic (exact) mass is 218 g/mol. The molecule has 0 aliphatic carbocycles. The van der Waals surface area contributed by atoms with Crippen LogP contribution in [0.1, 0.15) is 31.4 Å². The van der Waals surface area contributed by atoms with Gasteiger partial charge in [0, 0.05) is 6.92 Å². The molecule has 0 aliphatic rings. The molecule has 1 aromatic carbocycles. The molecule has 1 rings (SSSR count). The lowest BCUT2D eigenvalue weighted by molar-refractivity contribution is -0.139. The van der Waals surface area contributed by atoms with Gasteiger partial charge in [-0.3, -0.25) is 4.79 Å². The molecule has 0 amide bonds. The maximum absolute atomic E-state index is 10.5. The van der Waals surface area contributed by atoms with Gasteiger partial charge in [-0.1, -0.05) is 43.7 Å². The van der Waals surface area contributed by atoms with E-state index in [1.165, 1.54) is 12.5 Å². The quantitative estimate of drug-likeness (QED) is 0.709. The van der Waals surface area contributed by atoms with Gasteiger partial charge in [0.05, 0.1) is 0 Å². The average Bonchev–Trinajstić information content (AvgIpc) is 2.25. The molecule has 0 spiro atoms. The maximum atomic E-state index is 10.5. The third-order valence-corrected chi connectivity index (χ3v) is 2.18. The van der Waals surface area contributed by atoms with E-state index in [2.05, 4.69) is 25.1 Å². The van der Waals surface area contributed by atoms with E-state index in [9.17, 15) is 4.79 Å². The molecule has 0 aliphatic heterocycles. The number of ether oxygens (including phenoxy) is 1. The van der Waals surface area contributed by atoms with E-state index < -0.39 is 0 Å². The van der Waals surface area contributed by atoms with E-state index in [4.69, 9.17) is 4.74 Å². The van der Waals surface area contributed by atoms with Crippen LogP contribution in [0.4, 0.5) is 0 Å². The molecular formula is C14H18O2. The van der Waals surface area contributed by atoms with E-state index in [-0.39, 0.29) is 5.97 Å². The summed E-state index contributed by atoms with van der Waals surface area (Å²) in [6.45, 7) is 3.92. The summed E-state index contributed by atoms with van der Waals surface area (Å²) >= 11 is 0. The lowest BCUT2D eigenvalue weighted by Crippen LogP contribution is -1.97. The minimum Gasteiger partial charge on any atom is -0.462 e. The molecule has 0 atom stereocenters. The number of esters is 1. The summed E-state index contributed by atoms with van der Waals surface area (Å²) in [4.78, 5) is 10.5. The molecule has 2 nitrogen and oxygen atoms in total. The number of aryl methyl sites for hydroxylation is 1. The highest BCUT2D eigenvalue weighted by Crippen LogP contribution is 2.09. The second kappa shape index (κ2) is 6.83. The van der Waals surface area contributed by atoms with Crippen LogP contribution in [0.2, 0.25) is 0 Å². The molecule has 0 N–H and O–H groups in total. The van der Waals surface area contributed by atoms with E-state index in [1.807, 2.05) is 18.2 Å². The van der Waals surface area contributed by atoms with Crippen LogP contribution in [0.5, 0.6) is 0 Å². The smallest absolute Gasteiger partial charge is 0.302 e. The molecule has 2 heteroatoms.